The molecule has 1 atom stereocenters. The van der Waals surface area contributed by atoms with E-state index in [9.17, 15) is 4.79 Å². The number of rotatable bonds is 7. The lowest BCUT2D eigenvalue weighted by molar-refractivity contribution is 0.249. The highest BCUT2D eigenvalue weighted by Gasteiger charge is 2.14. The molecule has 28 heavy (non-hydrogen) atoms. The van der Waals surface area contributed by atoms with Gasteiger partial charge < -0.3 is 14.8 Å². The third-order valence-corrected chi connectivity index (χ3v) is 4.68. The number of anilines is 1. The maximum absolute atomic E-state index is 12.1. The molecule has 9 heteroatoms. The van der Waals surface area contributed by atoms with Crippen LogP contribution < -0.4 is 20.1 Å². The Labute approximate surface area is 166 Å². The van der Waals surface area contributed by atoms with E-state index in [-0.39, 0.29) is 12.1 Å². The van der Waals surface area contributed by atoms with E-state index in [0.717, 1.165) is 16.1 Å². The monoisotopic (exact) mass is 399 g/mol. The summed E-state index contributed by atoms with van der Waals surface area (Å²) in [5.74, 6) is 1.23. The van der Waals surface area contributed by atoms with Crippen molar-refractivity contribution in [3.8, 4) is 11.5 Å². The third kappa shape index (κ3) is 5.17. The van der Waals surface area contributed by atoms with Crippen molar-refractivity contribution >= 4 is 22.5 Å². The molecule has 3 rings (SSSR count). The smallest absolute Gasteiger partial charge is 0.321 e. The molecular formula is C19H21N5O3S. The number of methoxy groups -OCH3 is 1. The molecule has 1 unspecified atom stereocenters. The van der Waals surface area contributed by atoms with Crippen molar-refractivity contribution in [2.45, 2.75) is 26.5 Å². The van der Waals surface area contributed by atoms with Gasteiger partial charge in [-0.05, 0) is 49.2 Å². The number of nitrogens with zero attached hydrogens (tertiary/aromatic N) is 3. The van der Waals surface area contributed by atoms with Crippen LogP contribution >= 0.6 is 11.3 Å². The minimum absolute atomic E-state index is 0.239. The first-order valence-corrected chi connectivity index (χ1v) is 9.44. The summed E-state index contributed by atoms with van der Waals surface area (Å²) in [6, 6.07) is 8.78. The van der Waals surface area contributed by atoms with Crippen LogP contribution in [0.25, 0.3) is 0 Å². The molecule has 0 radical (unpaired) electrons. The first kappa shape index (κ1) is 19.6. The molecule has 0 saturated heterocycles. The summed E-state index contributed by atoms with van der Waals surface area (Å²) in [5, 5.41) is 14.5. The number of urea groups is 1. The van der Waals surface area contributed by atoms with Gasteiger partial charge in [-0.3, -0.25) is 10.3 Å². The Morgan fingerprint density at radius 1 is 1.18 bits per heavy atom. The highest BCUT2D eigenvalue weighted by molar-refractivity contribution is 7.15. The zero-order valence-corrected chi connectivity index (χ0v) is 16.6. The van der Waals surface area contributed by atoms with Gasteiger partial charge in [0.1, 0.15) is 11.6 Å². The predicted octanol–water partition coefficient (Wildman–Crippen LogP) is 3.71. The molecule has 0 aliphatic carbocycles. The number of nitrogens with one attached hydrogen (secondary N) is 2. The molecule has 0 aliphatic rings. The second kappa shape index (κ2) is 9.14. The zero-order chi connectivity index (χ0) is 19.9. The first-order valence-electron chi connectivity index (χ1n) is 8.62. The quantitative estimate of drug-likeness (QED) is 0.628. The summed E-state index contributed by atoms with van der Waals surface area (Å²) >= 11 is 1.32. The Morgan fingerprint density at radius 3 is 2.64 bits per heavy atom. The van der Waals surface area contributed by atoms with Crippen LogP contribution in [-0.2, 0) is 6.61 Å². The number of amides is 2. The van der Waals surface area contributed by atoms with Crippen LogP contribution in [0.4, 0.5) is 9.93 Å². The maximum atomic E-state index is 12.1. The summed E-state index contributed by atoms with van der Waals surface area (Å²) in [4.78, 5) is 16.1. The molecule has 0 bridgehead atoms. The molecule has 2 amide bonds. The van der Waals surface area contributed by atoms with Crippen molar-refractivity contribution in [1.29, 1.82) is 0 Å². The van der Waals surface area contributed by atoms with Gasteiger partial charge >= 0.3 is 6.03 Å². The Hall–Kier alpha value is -3.20. The van der Waals surface area contributed by atoms with Crippen molar-refractivity contribution in [2.75, 3.05) is 12.4 Å². The van der Waals surface area contributed by atoms with Gasteiger partial charge in [0.15, 0.2) is 11.5 Å². The largest absolute Gasteiger partial charge is 0.493 e. The van der Waals surface area contributed by atoms with Crippen LogP contribution in [0.1, 0.15) is 29.1 Å². The SMILES string of the molecule is COc1cc(C(C)NC(=O)Nc2nnc(C)s2)ccc1OCc1ccncc1. The number of aryl methyl sites for hydroxylation is 1. The van der Waals surface area contributed by atoms with Crippen LogP contribution in [0.15, 0.2) is 42.7 Å². The minimum Gasteiger partial charge on any atom is -0.493 e. The van der Waals surface area contributed by atoms with E-state index in [0.29, 0.717) is 23.2 Å². The van der Waals surface area contributed by atoms with Crippen LogP contribution in [0.5, 0.6) is 11.5 Å². The number of pyridine rings is 1. The number of carbonyl (C=O) groups is 1. The van der Waals surface area contributed by atoms with Crippen LogP contribution in [-0.4, -0.2) is 28.3 Å². The number of hydrogen-bond donors (Lipinski definition) is 2. The standard InChI is InChI=1S/C19H21N5O3S/c1-12(21-18(25)22-19-24-23-13(2)28-19)15-4-5-16(17(10-15)26-3)27-11-14-6-8-20-9-7-14/h4-10,12H,11H2,1-3H3,(H2,21,22,24,25). The van der Waals surface area contributed by atoms with Gasteiger partial charge in [-0.25, -0.2) is 4.79 Å². The molecule has 1 aromatic carbocycles. The fourth-order valence-corrected chi connectivity index (χ4v) is 3.06. The minimum atomic E-state index is -0.347. The highest BCUT2D eigenvalue weighted by Crippen LogP contribution is 2.31. The summed E-state index contributed by atoms with van der Waals surface area (Å²) in [5.41, 5.74) is 1.90. The molecule has 0 saturated carbocycles. The van der Waals surface area contributed by atoms with Crippen molar-refractivity contribution in [3.63, 3.8) is 0 Å². The Morgan fingerprint density at radius 2 is 1.96 bits per heavy atom. The first-order chi connectivity index (χ1) is 13.5. The van der Waals surface area contributed by atoms with Gasteiger partial charge in [0.25, 0.3) is 0 Å². The van der Waals surface area contributed by atoms with E-state index in [1.807, 2.05) is 44.2 Å². The number of aromatic nitrogens is 3. The number of hydrogen-bond acceptors (Lipinski definition) is 7. The highest BCUT2D eigenvalue weighted by atomic mass is 32.1. The van der Waals surface area contributed by atoms with Crippen molar-refractivity contribution < 1.29 is 14.3 Å². The summed E-state index contributed by atoms with van der Waals surface area (Å²) in [6.07, 6.45) is 3.45. The summed E-state index contributed by atoms with van der Waals surface area (Å²) < 4.78 is 11.3. The lowest BCUT2D eigenvalue weighted by atomic mass is 10.1. The van der Waals surface area contributed by atoms with E-state index in [2.05, 4.69) is 25.8 Å². The average Bonchev–Trinajstić information content (AvgIpc) is 3.11. The Kier molecular flexibility index (Phi) is 6.38. The molecule has 2 heterocycles. The fourth-order valence-electron chi connectivity index (χ4n) is 2.47. The van der Waals surface area contributed by atoms with E-state index in [4.69, 9.17) is 9.47 Å². The van der Waals surface area contributed by atoms with E-state index in [1.54, 1.807) is 19.5 Å². The third-order valence-electron chi connectivity index (χ3n) is 3.93. The van der Waals surface area contributed by atoms with E-state index < -0.39 is 0 Å². The molecule has 0 fully saturated rings. The molecule has 146 valence electrons. The predicted molar refractivity (Wildman–Crippen MR) is 107 cm³/mol. The van der Waals surface area contributed by atoms with Crippen LogP contribution in [0, 0.1) is 6.92 Å². The van der Waals surface area contributed by atoms with E-state index >= 15 is 0 Å². The van der Waals surface area contributed by atoms with Gasteiger partial charge in [-0.2, -0.15) is 0 Å². The molecule has 0 spiro atoms. The zero-order valence-electron chi connectivity index (χ0n) is 15.8. The topological polar surface area (TPSA) is 98.3 Å². The van der Waals surface area contributed by atoms with Gasteiger partial charge in [-0.15, -0.1) is 10.2 Å². The second-order valence-electron chi connectivity index (χ2n) is 6.00. The van der Waals surface area contributed by atoms with Gasteiger partial charge in [0.2, 0.25) is 5.13 Å². The Bertz CT molecular complexity index is 932. The fraction of sp³-hybridized carbons (Fsp3) is 0.263. The lowest BCUT2D eigenvalue weighted by Crippen LogP contribution is -2.31. The molecule has 2 N–H and O–H groups in total. The molecule has 2 aromatic heterocycles. The van der Waals surface area contributed by atoms with Crippen LogP contribution in [0.3, 0.4) is 0 Å². The second-order valence-corrected chi connectivity index (χ2v) is 7.18. The van der Waals surface area contributed by atoms with Crippen molar-refractivity contribution in [3.05, 3.63) is 58.9 Å². The average molecular weight is 399 g/mol. The van der Waals surface area contributed by atoms with Gasteiger partial charge in [-0.1, -0.05) is 17.4 Å². The van der Waals surface area contributed by atoms with Crippen LogP contribution in [0.2, 0.25) is 0 Å². The summed E-state index contributed by atoms with van der Waals surface area (Å²) in [7, 11) is 1.58. The van der Waals surface area contributed by atoms with Crippen molar-refractivity contribution in [2.24, 2.45) is 0 Å². The normalized spacial score (nSPS) is 11.5. The number of carbonyl (C=O) groups excluding carboxylic acids is 1. The van der Waals surface area contributed by atoms with Gasteiger partial charge in [0, 0.05) is 12.4 Å². The molecular weight excluding hydrogens is 378 g/mol. The summed E-state index contributed by atoms with van der Waals surface area (Å²) in [6.45, 7) is 4.13. The number of benzene rings is 1. The molecule has 3 aromatic rings. The lowest BCUT2D eigenvalue weighted by Gasteiger charge is -2.17. The number of ether oxygens (including phenoxy) is 2. The van der Waals surface area contributed by atoms with Crippen molar-refractivity contribution in [1.82, 2.24) is 20.5 Å². The Balaban J connectivity index is 1.62. The van der Waals surface area contributed by atoms with Gasteiger partial charge in [0.05, 0.1) is 13.2 Å². The van der Waals surface area contributed by atoms with E-state index in [1.165, 1.54) is 11.3 Å². The molecule has 8 nitrogen and oxygen atoms in total. The maximum Gasteiger partial charge on any atom is 0.321 e. The molecule has 0 aliphatic heterocycles.